The monoisotopic (exact) mass is 404 g/mol. The molecule has 1 N–H and O–H groups in total. The van der Waals surface area contributed by atoms with Crippen LogP contribution >= 0.6 is 11.3 Å². The van der Waals surface area contributed by atoms with Gasteiger partial charge in [-0.1, -0.05) is 53.8 Å². The van der Waals surface area contributed by atoms with Gasteiger partial charge in [-0.15, -0.1) is 0 Å². The lowest BCUT2D eigenvalue weighted by atomic mass is 10.2. The maximum atomic E-state index is 5.58. The molecule has 29 heavy (non-hydrogen) atoms. The van der Waals surface area contributed by atoms with Crippen molar-refractivity contribution in [2.24, 2.45) is 0 Å². The van der Waals surface area contributed by atoms with E-state index in [0.29, 0.717) is 6.54 Å². The van der Waals surface area contributed by atoms with E-state index in [4.69, 9.17) is 14.6 Å². The van der Waals surface area contributed by atoms with Crippen molar-refractivity contribution in [1.29, 1.82) is 0 Å². The fourth-order valence-corrected chi connectivity index (χ4v) is 4.28. The Morgan fingerprint density at radius 1 is 1.07 bits per heavy atom. The quantitative estimate of drug-likeness (QED) is 0.505. The molecule has 0 atom stereocenters. The van der Waals surface area contributed by atoms with Gasteiger partial charge in [-0.25, -0.2) is 4.98 Å². The number of para-hydroxylation sites is 1. The third-order valence-electron chi connectivity index (χ3n) is 4.77. The summed E-state index contributed by atoms with van der Waals surface area (Å²) >= 11 is 1.61. The highest BCUT2D eigenvalue weighted by Crippen LogP contribution is 2.36. The van der Waals surface area contributed by atoms with Gasteiger partial charge in [0.05, 0.1) is 17.1 Å². The second-order valence-corrected chi connectivity index (χ2v) is 7.82. The number of nitrogens with one attached hydrogen (secondary N) is 1. The highest BCUT2D eigenvalue weighted by molar-refractivity contribution is 7.19. The second kappa shape index (κ2) is 7.60. The summed E-state index contributed by atoms with van der Waals surface area (Å²) in [5.41, 5.74) is 4.20. The number of anilines is 1. The normalized spacial score (nSPS) is 12.3. The van der Waals surface area contributed by atoms with Gasteiger partial charge in [0.25, 0.3) is 0 Å². The van der Waals surface area contributed by atoms with E-state index in [1.165, 1.54) is 5.56 Å². The average Bonchev–Trinajstić information content (AvgIpc) is 3.47. The first-order valence-electron chi connectivity index (χ1n) is 9.43. The summed E-state index contributed by atoms with van der Waals surface area (Å²) in [6, 6.07) is 18.3. The van der Waals surface area contributed by atoms with Crippen molar-refractivity contribution in [3.63, 3.8) is 0 Å². The molecule has 0 unspecified atom stereocenters. The van der Waals surface area contributed by atoms with Crippen molar-refractivity contribution in [1.82, 2.24) is 14.8 Å². The Balaban J connectivity index is 1.30. The first-order chi connectivity index (χ1) is 14.3. The molecule has 0 spiro atoms. The second-order valence-electron chi connectivity index (χ2n) is 6.82. The SMILES string of the molecule is Cc1nc(NCc2cccc3c2OCO3)sc1-c1ccn(Cc2ccccc2)n1. The number of hydrogen-bond donors (Lipinski definition) is 1. The Labute approximate surface area is 172 Å². The molecule has 0 fully saturated rings. The lowest BCUT2D eigenvalue weighted by molar-refractivity contribution is 0.173. The molecule has 0 amide bonds. The van der Waals surface area contributed by atoms with Gasteiger partial charge in [0.1, 0.15) is 5.69 Å². The van der Waals surface area contributed by atoms with Crippen LogP contribution in [0.1, 0.15) is 16.8 Å². The number of aryl methyl sites for hydroxylation is 1. The van der Waals surface area contributed by atoms with Crippen LogP contribution in [-0.2, 0) is 13.1 Å². The highest BCUT2D eigenvalue weighted by Gasteiger charge is 2.18. The van der Waals surface area contributed by atoms with E-state index < -0.39 is 0 Å². The van der Waals surface area contributed by atoms with Gasteiger partial charge in [-0.3, -0.25) is 4.68 Å². The van der Waals surface area contributed by atoms with Crippen LogP contribution < -0.4 is 14.8 Å². The molecule has 0 saturated heterocycles. The largest absolute Gasteiger partial charge is 0.454 e. The van der Waals surface area contributed by atoms with Crippen molar-refractivity contribution >= 4 is 16.5 Å². The Kier molecular flexibility index (Phi) is 4.65. The third-order valence-corrected chi connectivity index (χ3v) is 5.90. The van der Waals surface area contributed by atoms with E-state index in [-0.39, 0.29) is 6.79 Å². The van der Waals surface area contributed by atoms with Crippen LogP contribution in [0.3, 0.4) is 0 Å². The summed E-state index contributed by atoms with van der Waals surface area (Å²) in [6.07, 6.45) is 2.01. The molecule has 0 aliphatic carbocycles. The lowest BCUT2D eigenvalue weighted by Crippen LogP contribution is -2.00. The van der Waals surface area contributed by atoms with Gasteiger partial charge in [-0.05, 0) is 24.6 Å². The Bertz CT molecular complexity index is 1140. The fourth-order valence-electron chi connectivity index (χ4n) is 3.35. The van der Waals surface area contributed by atoms with Gasteiger partial charge < -0.3 is 14.8 Å². The van der Waals surface area contributed by atoms with Gasteiger partial charge >= 0.3 is 0 Å². The Hall–Kier alpha value is -3.32. The number of hydrogen-bond acceptors (Lipinski definition) is 6. The minimum Gasteiger partial charge on any atom is -0.454 e. The van der Waals surface area contributed by atoms with Gasteiger partial charge in [-0.2, -0.15) is 5.10 Å². The summed E-state index contributed by atoms with van der Waals surface area (Å²) in [5, 5.41) is 9.01. The topological polar surface area (TPSA) is 61.2 Å². The van der Waals surface area contributed by atoms with E-state index in [9.17, 15) is 0 Å². The molecule has 3 heterocycles. The zero-order chi connectivity index (χ0) is 19.6. The van der Waals surface area contributed by atoms with E-state index in [1.54, 1.807) is 11.3 Å². The predicted octanol–water partition coefficient (Wildman–Crippen LogP) is 4.70. The van der Waals surface area contributed by atoms with Crippen LogP contribution in [-0.4, -0.2) is 21.6 Å². The average molecular weight is 404 g/mol. The van der Waals surface area contributed by atoms with E-state index in [1.807, 2.05) is 60.3 Å². The van der Waals surface area contributed by atoms with Crippen molar-refractivity contribution in [2.45, 2.75) is 20.0 Å². The zero-order valence-electron chi connectivity index (χ0n) is 16.0. The minimum absolute atomic E-state index is 0.276. The minimum atomic E-state index is 0.276. The molecule has 6 nitrogen and oxygen atoms in total. The van der Waals surface area contributed by atoms with Crippen LogP contribution in [0.25, 0.3) is 10.6 Å². The van der Waals surface area contributed by atoms with Gasteiger partial charge in [0.15, 0.2) is 16.6 Å². The number of rotatable bonds is 6. The third kappa shape index (κ3) is 3.69. The number of aromatic nitrogens is 3. The van der Waals surface area contributed by atoms with Crippen LogP contribution in [0.4, 0.5) is 5.13 Å². The van der Waals surface area contributed by atoms with Crippen LogP contribution in [0.2, 0.25) is 0 Å². The van der Waals surface area contributed by atoms with Gasteiger partial charge in [0, 0.05) is 18.3 Å². The molecule has 0 radical (unpaired) electrons. The number of fused-ring (bicyclic) bond motifs is 1. The lowest BCUT2D eigenvalue weighted by Gasteiger charge is -2.06. The molecule has 0 bridgehead atoms. The molecule has 2 aromatic carbocycles. The van der Waals surface area contributed by atoms with Crippen LogP contribution in [0, 0.1) is 6.92 Å². The summed E-state index contributed by atoms with van der Waals surface area (Å²) in [6.45, 7) is 3.68. The Morgan fingerprint density at radius 2 is 1.97 bits per heavy atom. The maximum absolute atomic E-state index is 5.58. The summed E-state index contributed by atoms with van der Waals surface area (Å²) in [5.74, 6) is 1.61. The molecular weight excluding hydrogens is 384 g/mol. The maximum Gasteiger partial charge on any atom is 0.231 e. The molecule has 0 saturated carbocycles. The van der Waals surface area contributed by atoms with Crippen molar-refractivity contribution in [3.05, 3.63) is 77.6 Å². The Morgan fingerprint density at radius 3 is 2.86 bits per heavy atom. The van der Waals surface area contributed by atoms with E-state index in [0.717, 1.165) is 45.0 Å². The standard InChI is InChI=1S/C22H20N4O2S/c1-15-21(18-10-11-26(25-18)13-16-6-3-2-4-7-16)29-22(24-15)23-12-17-8-5-9-19-20(17)28-14-27-19/h2-11H,12-14H2,1H3,(H,23,24). The first-order valence-corrected chi connectivity index (χ1v) is 10.2. The molecule has 7 heteroatoms. The fraction of sp³-hybridized carbons (Fsp3) is 0.182. The van der Waals surface area contributed by atoms with Crippen LogP contribution in [0.15, 0.2) is 60.8 Å². The first kappa shape index (κ1) is 17.8. The van der Waals surface area contributed by atoms with Crippen LogP contribution in [0.5, 0.6) is 11.5 Å². The molecule has 146 valence electrons. The highest BCUT2D eigenvalue weighted by atomic mass is 32.1. The van der Waals surface area contributed by atoms with E-state index >= 15 is 0 Å². The number of benzene rings is 2. The molecule has 1 aliphatic rings. The number of nitrogens with zero attached hydrogens (tertiary/aromatic N) is 3. The van der Waals surface area contributed by atoms with Crippen molar-refractivity contribution in [3.8, 4) is 22.1 Å². The predicted molar refractivity (Wildman–Crippen MR) is 114 cm³/mol. The summed E-state index contributed by atoms with van der Waals surface area (Å²) in [7, 11) is 0. The molecule has 4 aromatic rings. The number of ether oxygens (including phenoxy) is 2. The summed E-state index contributed by atoms with van der Waals surface area (Å²) in [4.78, 5) is 5.76. The van der Waals surface area contributed by atoms with E-state index in [2.05, 4.69) is 22.4 Å². The molecule has 1 aliphatic heterocycles. The van der Waals surface area contributed by atoms with Crippen molar-refractivity contribution in [2.75, 3.05) is 12.1 Å². The smallest absolute Gasteiger partial charge is 0.231 e. The molecular formula is C22H20N4O2S. The number of thiazole rings is 1. The molecule has 2 aromatic heterocycles. The van der Waals surface area contributed by atoms with Crippen molar-refractivity contribution < 1.29 is 9.47 Å². The summed E-state index contributed by atoms with van der Waals surface area (Å²) < 4.78 is 13.0. The van der Waals surface area contributed by atoms with Gasteiger partial charge in [0.2, 0.25) is 6.79 Å². The molecule has 5 rings (SSSR count). The zero-order valence-corrected chi connectivity index (χ0v) is 16.8.